The Bertz CT molecular complexity index is 574. The minimum Gasteiger partial charge on any atom is -0.462 e. The summed E-state index contributed by atoms with van der Waals surface area (Å²) in [6, 6.07) is 0. The first-order valence-corrected chi connectivity index (χ1v) is 10.8. The lowest BCUT2D eigenvalue weighted by Crippen LogP contribution is -2.38. The van der Waals surface area contributed by atoms with Crippen LogP contribution in [-0.2, 0) is 19.4 Å². The Kier molecular flexibility index (Phi) is 4.31. The fraction of sp³-hybridized carbons (Fsp3) is 0.944. The second-order valence-electron chi connectivity index (χ2n) is 8.61. The molecule has 132 valence electrons. The molecular weight excluding hydrogens is 312 g/mol. The van der Waals surface area contributed by atoms with Gasteiger partial charge < -0.3 is 4.74 Å². The molecule has 0 heterocycles. The third-order valence-corrected chi connectivity index (χ3v) is 9.65. The van der Waals surface area contributed by atoms with Gasteiger partial charge in [-0.2, -0.15) is 0 Å². The molecule has 0 aromatic rings. The molecule has 0 radical (unpaired) electrons. The second-order valence-corrected chi connectivity index (χ2v) is 11.0. The van der Waals surface area contributed by atoms with Crippen LogP contribution < -0.4 is 0 Å². The lowest BCUT2D eigenvalue weighted by atomic mass is 9.70. The fourth-order valence-corrected chi connectivity index (χ4v) is 7.00. The van der Waals surface area contributed by atoms with Gasteiger partial charge in [-0.05, 0) is 43.4 Å². The van der Waals surface area contributed by atoms with Crippen LogP contribution in [0.2, 0.25) is 0 Å². The third kappa shape index (κ3) is 2.83. The van der Waals surface area contributed by atoms with Crippen LogP contribution in [-0.4, -0.2) is 31.5 Å². The Labute approximate surface area is 140 Å². The number of sulfone groups is 1. The van der Waals surface area contributed by atoms with Gasteiger partial charge in [0.2, 0.25) is 0 Å². The largest absolute Gasteiger partial charge is 0.462 e. The number of esters is 1. The Balaban J connectivity index is 1.55. The third-order valence-electron chi connectivity index (χ3n) is 7.39. The number of hydrogen-bond donors (Lipinski definition) is 0. The maximum Gasteiger partial charge on any atom is 0.307 e. The Morgan fingerprint density at radius 2 is 1.78 bits per heavy atom. The summed E-state index contributed by atoms with van der Waals surface area (Å²) >= 11 is 0. The molecule has 3 aliphatic rings. The van der Waals surface area contributed by atoms with E-state index in [2.05, 4.69) is 20.8 Å². The van der Waals surface area contributed by atoms with E-state index in [4.69, 9.17) is 4.74 Å². The van der Waals surface area contributed by atoms with Crippen molar-refractivity contribution in [2.45, 2.75) is 83.5 Å². The van der Waals surface area contributed by atoms with E-state index < -0.39 is 9.84 Å². The average molecular weight is 343 g/mol. The van der Waals surface area contributed by atoms with Crippen LogP contribution in [0.5, 0.6) is 0 Å². The monoisotopic (exact) mass is 342 g/mol. The maximum atomic E-state index is 12.3. The highest BCUT2D eigenvalue weighted by Gasteiger charge is 2.62. The van der Waals surface area contributed by atoms with Crippen molar-refractivity contribution in [2.24, 2.45) is 16.7 Å². The fourth-order valence-electron chi connectivity index (χ4n) is 5.17. The summed E-state index contributed by atoms with van der Waals surface area (Å²) in [6.45, 7) is 6.79. The Hall–Kier alpha value is -0.580. The number of ether oxygens (including phenoxy) is 1. The highest BCUT2D eigenvalue weighted by Crippen LogP contribution is 2.66. The van der Waals surface area contributed by atoms with Crippen LogP contribution >= 0.6 is 0 Å². The molecule has 0 saturated heterocycles. The molecule has 0 spiro atoms. The molecule has 0 amide bonds. The molecule has 3 aliphatic carbocycles. The van der Waals surface area contributed by atoms with Gasteiger partial charge in [0, 0.05) is 5.41 Å². The summed E-state index contributed by atoms with van der Waals surface area (Å²) in [5.41, 5.74) is 0.242. The van der Waals surface area contributed by atoms with E-state index in [1.54, 1.807) is 0 Å². The molecule has 3 saturated carbocycles. The van der Waals surface area contributed by atoms with Crippen LogP contribution in [0.4, 0.5) is 0 Å². The van der Waals surface area contributed by atoms with Gasteiger partial charge in [-0.15, -0.1) is 0 Å². The topological polar surface area (TPSA) is 60.4 Å². The lowest BCUT2D eigenvalue weighted by molar-refractivity contribution is -0.156. The molecular formula is C18H30O4S. The van der Waals surface area contributed by atoms with Crippen molar-refractivity contribution in [3.8, 4) is 0 Å². The van der Waals surface area contributed by atoms with Crippen molar-refractivity contribution in [1.29, 1.82) is 0 Å². The number of fused-ring (bicyclic) bond motifs is 2. The first kappa shape index (κ1) is 17.2. The predicted octanol–water partition coefficient (Wildman–Crippen LogP) is 3.49. The van der Waals surface area contributed by atoms with E-state index in [1.165, 1.54) is 6.42 Å². The first-order valence-electron chi connectivity index (χ1n) is 9.08. The molecule has 3 fully saturated rings. The molecule has 0 aromatic heterocycles. The molecule has 5 heteroatoms. The van der Waals surface area contributed by atoms with E-state index in [9.17, 15) is 13.2 Å². The van der Waals surface area contributed by atoms with Crippen LogP contribution in [0.3, 0.4) is 0 Å². The molecule has 23 heavy (non-hydrogen) atoms. The zero-order valence-electron chi connectivity index (χ0n) is 14.6. The van der Waals surface area contributed by atoms with E-state index >= 15 is 0 Å². The van der Waals surface area contributed by atoms with Crippen LogP contribution in [0.1, 0.15) is 72.1 Å². The predicted molar refractivity (Wildman–Crippen MR) is 89.8 cm³/mol. The van der Waals surface area contributed by atoms with Crippen molar-refractivity contribution in [1.82, 2.24) is 0 Å². The van der Waals surface area contributed by atoms with Crippen molar-refractivity contribution in [3.05, 3.63) is 0 Å². The number of carbonyl (C=O) groups is 1. The van der Waals surface area contributed by atoms with Gasteiger partial charge in [-0.1, -0.05) is 33.6 Å². The molecule has 0 aliphatic heterocycles. The van der Waals surface area contributed by atoms with Gasteiger partial charge >= 0.3 is 5.97 Å². The smallest absolute Gasteiger partial charge is 0.307 e. The molecule has 0 aromatic carbocycles. The van der Waals surface area contributed by atoms with Crippen LogP contribution in [0, 0.1) is 16.7 Å². The summed E-state index contributed by atoms with van der Waals surface area (Å²) in [5.74, 6) is 0.237. The summed E-state index contributed by atoms with van der Waals surface area (Å²) in [7, 11) is -3.14. The average Bonchev–Trinajstić information content (AvgIpc) is 3.12. The van der Waals surface area contributed by atoms with Gasteiger partial charge in [0.1, 0.15) is 6.10 Å². The molecule has 4 nitrogen and oxygen atoms in total. The molecule has 2 bridgehead atoms. The number of carbonyl (C=O) groups excluding carboxylic acids is 1. The second kappa shape index (κ2) is 5.75. The summed E-state index contributed by atoms with van der Waals surface area (Å²) in [5, 5.41) is -0.228. The SMILES string of the molecule is CC1(C)C2CCC1(C)C(OC(=O)CCS(=O)(=O)C1CCCC1)C2. The summed E-state index contributed by atoms with van der Waals surface area (Å²) in [4.78, 5) is 12.2. The number of hydrogen-bond acceptors (Lipinski definition) is 4. The van der Waals surface area contributed by atoms with Crippen LogP contribution in [0.25, 0.3) is 0 Å². The minimum absolute atomic E-state index is 0.0104. The van der Waals surface area contributed by atoms with Crippen molar-refractivity contribution in [3.63, 3.8) is 0 Å². The Morgan fingerprint density at radius 1 is 1.13 bits per heavy atom. The normalized spacial score (nSPS) is 36.5. The lowest BCUT2D eigenvalue weighted by Gasteiger charge is -2.38. The van der Waals surface area contributed by atoms with Gasteiger partial charge in [0.15, 0.2) is 9.84 Å². The molecule has 3 unspecified atom stereocenters. The highest BCUT2D eigenvalue weighted by molar-refractivity contribution is 7.92. The van der Waals surface area contributed by atoms with E-state index in [1.807, 2.05) is 0 Å². The molecule has 3 rings (SSSR count). The van der Waals surface area contributed by atoms with Crippen molar-refractivity contribution in [2.75, 3.05) is 5.75 Å². The zero-order valence-corrected chi connectivity index (χ0v) is 15.5. The van der Waals surface area contributed by atoms with Gasteiger partial charge in [-0.25, -0.2) is 8.42 Å². The first-order chi connectivity index (χ1) is 10.7. The van der Waals surface area contributed by atoms with Gasteiger partial charge in [0.25, 0.3) is 0 Å². The summed E-state index contributed by atoms with van der Waals surface area (Å²) < 4.78 is 30.3. The van der Waals surface area contributed by atoms with E-state index in [0.29, 0.717) is 5.92 Å². The van der Waals surface area contributed by atoms with E-state index in [-0.39, 0.29) is 40.3 Å². The Morgan fingerprint density at radius 3 is 2.30 bits per heavy atom. The standard InChI is InChI=1S/C18H30O4S/c1-17(2)13-8-10-18(17,3)15(12-13)22-16(19)9-11-23(20,21)14-6-4-5-7-14/h13-15H,4-12H2,1-3H3. The van der Waals surface area contributed by atoms with Crippen molar-refractivity contribution < 1.29 is 17.9 Å². The maximum absolute atomic E-state index is 12.3. The molecule has 0 N–H and O–H groups in total. The number of rotatable bonds is 5. The van der Waals surface area contributed by atoms with Gasteiger partial charge in [0.05, 0.1) is 17.4 Å². The molecule has 3 atom stereocenters. The van der Waals surface area contributed by atoms with Crippen molar-refractivity contribution >= 4 is 15.8 Å². The quantitative estimate of drug-likeness (QED) is 0.718. The van der Waals surface area contributed by atoms with Gasteiger partial charge in [-0.3, -0.25) is 4.79 Å². The van der Waals surface area contributed by atoms with E-state index in [0.717, 1.165) is 38.5 Å². The minimum atomic E-state index is -3.14. The van der Waals surface area contributed by atoms with Crippen LogP contribution in [0.15, 0.2) is 0 Å². The zero-order chi connectivity index (χ0) is 16.9. The highest BCUT2D eigenvalue weighted by atomic mass is 32.2. The summed E-state index contributed by atoms with van der Waals surface area (Å²) in [6.07, 6.45) is 6.72.